The van der Waals surface area contributed by atoms with Crippen LogP contribution in [-0.2, 0) is 0 Å². The van der Waals surface area contributed by atoms with E-state index < -0.39 is 0 Å². The van der Waals surface area contributed by atoms with Gasteiger partial charge in [0, 0.05) is 23.1 Å². The number of rotatable bonds is 2. The highest BCUT2D eigenvalue weighted by atomic mass is 79.9. The summed E-state index contributed by atoms with van der Waals surface area (Å²) in [6, 6.07) is 5.85. The molecular weight excluding hydrogens is 302 g/mol. The maximum atomic E-state index is 12.6. The minimum atomic E-state index is 0.181. The van der Waals surface area contributed by atoms with Crippen molar-refractivity contribution in [3.05, 3.63) is 33.8 Å². The predicted octanol–water partition coefficient (Wildman–Crippen LogP) is 4.27. The molecule has 1 saturated heterocycles. The fourth-order valence-electron chi connectivity index (χ4n) is 2.78. The summed E-state index contributed by atoms with van der Waals surface area (Å²) in [6.45, 7) is 8.35. The summed E-state index contributed by atoms with van der Waals surface area (Å²) in [6.07, 6.45) is 2.27. The van der Waals surface area contributed by atoms with Crippen molar-refractivity contribution in [1.29, 1.82) is 0 Å². The lowest BCUT2D eigenvalue weighted by Crippen LogP contribution is -2.39. The van der Waals surface area contributed by atoms with Crippen molar-refractivity contribution in [1.82, 2.24) is 4.90 Å². The van der Waals surface area contributed by atoms with E-state index >= 15 is 0 Å². The first kappa shape index (κ1) is 14.6. The number of nitrogens with zero attached hydrogens (tertiary/aromatic N) is 1. The van der Waals surface area contributed by atoms with Crippen molar-refractivity contribution in [3.8, 4) is 0 Å². The van der Waals surface area contributed by atoms with Gasteiger partial charge in [0.1, 0.15) is 0 Å². The molecule has 0 bridgehead atoms. The second-order valence-corrected chi connectivity index (χ2v) is 6.64. The fraction of sp³-hybridized carbons (Fsp3) is 0.562. The van der Waals surface area contributed by atoms with Gasteiger partial charge in [-0.2, -0.15) is 0 Å². The van der Waals surface area contributed by atoms with Crippen molar-refractivity contribution in [2.75, 3.05) is 13.1 Å². The summed E-state index contributed by atoms with van der Waals surface area (Å²) >= 11 is 3.50. The van der Waals surface area contributed by atoms with Gasteiger partial charge < -0.3 is 4.90 Å². The first-order valence-corrected chi connectivity index (χ1v) is 7.84. The molecule has 1 amide bonds. The van der Waals surface area contributed by atoms with Crippen LogP contribution < -0.4 is 0 Å². The van der Waals surface area contributed by atoms with Crippen molar-refractivity contribution < 1.29 is 4.79 Å². The van der Waals surface area contributed by atoms with Gasteiger partial charge in [0.2, 0.25) is 0 Å². The van der Waals surface area contributed by atoms with Crippen LogP contribution in [0.3, 0.4) is 0 Å². The predicted molar refractivity (Wildman–Crippen MR) is 82.3 cm³/mol. The number of carbonyl (C=O) groups is 1. The topological polar surface area (TPSA) is 20.3 Å². The molecule has 0 atom stereocenters. The summed E-state index contributed by atoms with van der Waals surface area (Å²) in [4.78, 5) is 14.6. The van der Waals surface area contributed by atoms with Gasteiger partial charge in [-0.25, -0.2) is 0 Å². The van der Waals surface area contributed by atoms with Crippen LogP contribution in [0.4, 0.5) is 0 Å². The highest BCUT2D eigenvalue weighted by molar-refractivity contribution is 9.10. The van der Waals surface area contributed by atoms with E-state index in [0.717, 1.165) is 53.4 Å². The quantitative estimate of drug-likeness (QED) is 0.796. The molecule has 0 aromatic heterocycles. The van der Waals surface area contributed by atoms with Gasteiger partial charge in [0.15, 0.2) is 0 Å². The van der Waals surface area contributed by atoms with Crippen molar-refractivity contribution in [3.63, 3.8) is 0 Å². The van der Waals surface area contributed by atoms with E-state index in [1.807, 2.05) is 30.0 Å². The Kier molecular flexibility index (Phi) is 4.67. The van der Waals surface area contributed by atoms with Gasteiger partial charge in [-0.05, 0) is 49.3 Å². The normalized spacial score (nSPS) is 17.0. The number of likely N-dealkylation sites (tertiary alicyclic amines) is 1. The molecule has 2 nitrogen and oxygen atoms in total. The molecule has 2 rings (SSSR count). The van der Waals surface area contributed by atoms with Crippen LogP contribution in [0.15, 0.2) is 22.7 Å². The molecule has 1 fully saturated rings. The van der Waals surface area contributed by atoms with Crippen LogP contribution >= 0.6 is 15.9 Å². The lowest BCUT2D eigenvalue weighted by molar-refractivity contribution is 0.0667. The summed E-state index contributed by atoms with van der Waals surface area (Å²) < 4.78 is 1.01. The molecule has 1 aromatic rings. The van der Waals surface area contributed by atoms with Crippen LogP contribution in [0.1, 0.15) is 42.6 Å². The average Bonchev–Trinajstić information content (AvgIpc) is 2.41. The zero-order valence-electron chi connectivity index (χ0n) is 11.9. The molecular formula is C16H22BrNO. The molecule has 1 aliphatic rings. The smallest absolute Gasteiger partial charge is 0.254 e. The third kappa shape index (κ3) is 3.19. The maximum Gasteiger partial charge on any atom is 0.254 e. The molecule has 1 aromatic carbocycles. The highest BCUT2D eigenvalue weighted by Gasteiger charge is 2.26. The molecule has 104 valence electrons. The van der Waals surface area contributed by atoms with Gasteiger partial charge in [-0.1, -0.05) is 35.8 Å². The Morgan fingerprint density at radius 3 is 2.53 bits per heavy atom. The lowest BCUT2D eigenvalue weighted by Gasteiger charge is -2.34. The van der Waals surface area contributed by atoms with E-state index in [-0.39, 0.29) is 5.91 Å². The van der Waals surface area contributed by atoms with Gasteiger partial charge in [0.05, 0.1) is 0 Å². The summed E-state index contributed by atoms with van der Waals surface area (Å²) in [7, 11) is 0. The number of halogens is 1. The van der Waals surface area contributed by atoms with Gasteiger partial charge in [-0.15, -0.1) is 0 Å². The van der Waals surface area contributed by atoms with E-state index in [1.54, 1.807) is 0 Å². The zero-order valence-corrected chi connectivity index (χ0v) is 13.5. The van der Waals surface area contributed by atoms with Crippen molar-refractivity contribution >= 4 is 21.8 Å². The molecule has 1 heterocycles. The van der Waals surface area contributed by atoms with Crippen molar-refractivity contribution in [2.24, 2.45) is 11.8 Å². The van der Waals surface area contributed by atoms with Crippen molar-refractivity contribution in [2.45, 2.75) is 33.6 Å². The van der Waals surface area contributed by atoms with Crippen LogP contribution in [-0.4, -0.2) is 23.9 Å². The van der Waals surface area contributed by atoms with Crippen LogP contribution in [0.5, 0.6) is 0 Å². The Hall–Kier alpha value is -0.830. The lowest BCUT2D eigenvalue weighted by atomic mass is 9.86. The fourth-order valence-corrected chi connectivity index (χ4v) is 3.14. The maximum absolute atomic E-state index is 12.6. The number of hydrogen-bond donors (Lipinski definition) is 0. The van der Waals surface area contributed by atoms with Crippen LogP contribution in [0.25, 0.3) is 0 Å². The SMILES string of the molecule is Cc1c(Br)cccc1C(=O)N1CCC(C(C)C)CC1. The van der Waals surface area contributed by atoms with Gasteiger partial charge in [-0.3, -0.25) is 4.79 Å². The summed E-state index contributed by atoms with van der Waals surface area (Å²) in [5.74, 6) is 1.68. The Morgan fingerprint density at radius 1 is 1.32 bits per heavy atom. The van der Waals surface area contributed by atoms with E-state index in [0.29, 0.717) is 0 Å². The Bertz CT molecular complexity index is 462. The molecule has 1 aliphatic heterocycles. The summed E-state index contributed by atoms with van der Waals surface area (Å²) in [5.41, 5.74) is 1.87. The molecule has 0 saturated carbocycles. The zero-order chi connectivity index (χ0) is 14.0. The van der Waals surface area contributed by atoms with E-state index in [4.69, 9.17) is 0 Å². The molecule has 0 N–H and O–H groups in total. The van der Waals surface area contributed by atoms with E-state index in [2.05, 4.69) is 29.8 Å². The van der Waals surface area contributed by atoms with E-state index in [9.17, 15) is 4.79 Å². The monoisotopic (exact) mass is 323 g/mol. The standard InChI is InChI=1S/C16H22BrNO/c1-11(2)13-7-9-18(10-8-13)16(19)14-5-4-6-15(17)12(14)3/h4-6,11,13H,7-10H2,1-3H3. The first-order valence-electron chi connectivity index (χ1n) is 7.05. The summed E-state index contributed by atoms with van der Waals surface area (Å²) in [5, 5.41) is 0. The van der Waals surface area contributed by atoms with Gasteiger partial charge in [0.25, 0.3) is 5.91 Å². The molecule has 0 aliphatic carbocycles. The number of amides is 1. The number of carbonyl (C=O) groups excluding carboxylic acids is 1. The number of benzene rings is 1. The van der Waals surface area contributed by atoms with Gasteiger partial charge >= 0.3 is 0 Å². The number of hydrogen-bond acceptors (Lipinski definition) is 1. The Morgan fingerprint density at radius 2 is 1.95 bits per heavy atom. The third-order valence-electron chi connectivity index (χ3n) is 4.27. The first-order chi connectivity index (χ1) is 9.00. The Labute approximate surface area is 124 Å². The molecule has 19 heavy (non-hydrogen) atoms. The molecule has 0 unspecified atom stereocenters. The van der Waals surface area contributed by atoms with E-state index in [1.165, 1.54) is 0 Å². The second-order valence-electron chi connectivity index (χ2n) is 5.79. The molecule has 0 spiro atoms. The third-order valence-corrected chi connectivity index (χ3v) is 5.13. The minimum Gasteiger partial charge on any atom is -0.339 e. The highest BCUT2D eigenvalue weighted by Crippen LogP contribution is 2.27. The second kappa shape index (κ2) is 6.08. The Balaban J connectivity index is 2.07. The minimum absolute atomic E-state index is 0.181. The average molecular weight is 324 g/mol. The van der Waals surface area contributed by atoms with Crippen LogP contribution in [0, 0.1) is 18.8 Å². The van der Waals surface area contributed by atoms with Crippen LogP contribution in [0.2, 0.25) is 0 Å². The largest absolute Gasteiger partial charge is 0.339 e. The molecule has 3 heteroatoms. The molecule has 0 radical (unpaired) electrons. The number of piperidine rings is 1.